The fraction of sp³-hybridized carbons (Fsp3) is 0.200. The van der Waals surface area contributed by atoms with Gasteiger partial charge in [-0.1, -0.05) is 69.3 Å². The van der Waals surface area contributed by atoms with Crippen molar-refractivity contribution in [3.05, 3.63) is 214 Å². The molecule has 0 aliphatic carbocycles. The van der Waals surface area contributed by atoms with Gasteiger partial charge in [-0.25, -0.2) is 27.7 Å². The second-order valence-electron chi connectivity index (χ2n) is 14.1. The molecular formula is C50H55N10Y5-5. The summed E-state index contributed by atoms with van der Waals surface area (Å²) in [7, 11) is 0. The third kappa shape index (κ3) is 16.2. The van der Waals surface area contributed by atoms with Crippen molar-refractivity contribution in [3.63, 3.8) is 0 Å². The number of aryl methyl sites for hydroxylation is 5. The van der Waals surface area contributed by atoms with Crippen LogP contribution in [-0.2, 0) is 196 Å². The molecule has 10 nitrogen and oxygen atoms in total. The standard InChI is InChI=1S/5C10H11N2.5Y/c1-3-9-7-12-6-4-5-10(12)8(2)11-9;1-3-9-7-10-5-4-6-12(10)8(2)11-9;1-3-10-11-8(2)7-9-5-4-6-12(9)10;1-3-9-10-5-4-6-12(10)7-8(2)11-9;1-3-9-7-8(2)12-6-4-5-10(12)11-9;;;;;/h5*4-7H,2-3H2,1H3;;;;;/q5*-1;;;;;. The van der Waals surface area contributed by atoms with Gasteiger partial charge >= 0.3 is 0 Å². The van der Waals surface area contributed by atoms with Crippen LogP contribution in [0.4, 0.5) is 0 Å². The van der Waals surface area contributed by atoms with Crippen molar-refractivity contribution in [1.82, 2.24) is 46.9 Å². The number of rotatable bonds is 5. The Morgan fingerprint density at radius 2 is 1.00 bits per heavy atom. The molecule has 0 unspecified atom stereocenters. The molecule has 0 aromatic carbocycles. The predicted octanol–water partition coefficient (Wildman–Crippen LogP) is 10.4. The van der Waals surface area contributed by atoms with Crippen LogP contribution in [0.3, 0.4) is 0 Å². The SMILES string of the molecule is [CH2-]c1cc(CC)nc2cccn12.[CH2-]c1cc2cccn2c(CC)n1.[CH2-]c1cn2cccc2c(CC)n1.[CH2-]c1nc(CC)cc2cccn12.[CH2-]c1nc(CC)cn2cccc12.[Y].[Y].[Y].[Y].[Y]. The average molecular weight is 1240 g/mol. The molecule has 0 atom stereocenters. The van der Waals surface area contributed by atoms with E-state index in [2.05, 4.69) is 132 Å². The van der Waals surface area contributed by atoms with Gasteiger partial charge in [-0.3, -0.25) is 24.9 Å². The molecular weight excluding hydrogens is 1190 g/mol. The maximum atomic E-state index is 4.44. The van der Waals surface area contributed by atoms with E-state index in [-0.39, 0.29) is 164 Å². The van der Waals surface area contributed by atoms with Crippen LogP contribution in [0, 0.1) is 34.6 Å². The molecule has 0 aliphatic rings. The first-order chi connectivity index (χ1) is 29.0. The minimum absolute atomic E-state index is 0. The third-order valence-electron chi connectivity index (χ3n) is 9.94. The molecule has 0 spiro atoms. The summed E-state index contributed by atoms with van der Waals surface area (Å²) in [4.78, 5) is 21.8. The summed E-state index contributed by atoms with van der Waals surface area (Å²) < 4.78 is 10.2. The number of hydrogen-bond acceptors (Lipinski definition) is 5. The molecule has 10 aromatic rings. The van der Waals surface area contributed by atoms with Gasteiger partial charge in [0.15, 0.2) is 0 Å². The number of fused-ring (bicyclic) bond motifs is 5. The molecule has 0 saturated carbocycles. The van der Waals surface area contributed by atoms with Crippen LogP contribution in [-0.4, -0.2) is 46.9 Å². The summed E-state index contributed by atoms with van der Waals surface area (Å²) in [6.07, 6.45) is 18.8. The van der Waals surface area contributed by atoms with Gasteiger partial charge < -0.3 is 28.9 Å². The number of hydrogen-bond donors (Lipinski definition) is 0. The predicted molar refractivity (Wildman–Crippen MR) is 245 cm³/mol. The van der Waals surface area contributed by atoms with Crippen LogP contribution in [0.15, 0.2) is 122 Å². The van der Waals surface area contributed by atoms with Gasteiger partial charge in [0.05, 0.1) is 16.9 Å². The fourth-order valence-corrected chi connectivity index (χ4v) is 6.87. The zero-order chi connectivity index (χ0) is 42.8. The van der Waals surface area contributed by atoms with Crippen molar-refractivity contribution >= 4 is 27.7 Å². The second kappa shape index (κ2) is 30.0. The third-order valence-corrected chi connectivity index (χ3v) is 9.94. The Labute approximate surface area is 511 Å². The Hall–Kier alpha value is -1.68. The molecule has 0 N–H and O–H groups in total. The van der Waals surface area contributed by atoms with Crippen molar-refractivity contribution in [3.8, 4) is 0 Å². The molecule has 0 fully saturated rings. The molecule has 0 bridgehead atoms. The van der Waals surface area contributed by atoms with Crippen molar-refractivity contribution in [2.24, 2.45) is 0 Å². The summed E-state index contributed by atoms with van der Waals surface area (Å²) in [6.45, 7) is 29.9. The molecule has 10 rings (SSSR count). The second-order valence-corrected chi connectivity index (χ2v) is 14.1. The zero-order valence-electron chi connectivity index (χ0n) is 38.5. The Balaban J connectivity index is 0.000000399. The maximum absolute atomic E-state index is 4.44. The summed E-state index contributed by atoms with van der Waals surface area (Å²) >= 11 is 0. The van der Waals surface area contributed by atoms with E-state index >= 15 is 0 Å². The number of aromatic nitrogens is 10. The minimum atomic E-state index is 0. The molecule has 325 valence electrons. The van der Waals surface area contributed by atoms with Crippen LogP contribution >= 0.6 is 0 Å². The first-order valence-corrected chi connectivity index (χ1v) is 20.5. The fourth-order valence-electron chi connectivity index (χ4n) is 6.87. The summed E-state index contributed by atoms with van der Waals surface area (Å²) in [5.41, 5.74) is 13.6. The van der Waals surface area contributed by atoms with Gasteiger partial charge in [-0.05, 0) is 104 Å². The van der Waals surface area contributed by atoms with Crippen molar-refractivity contribution < 1.29 is 164 Å². The molecule has 0 saturated heterocycles. The summed E-state index contributed by atoms with van der Waals surface area (Å²) in [6, 6.07) is 26.4. The van der Waals surface area contributed by atoms with E-state index in [4.69, 9.17) is 0 Å². The van der Waals surface area contributed by atoms with Gasteiger partial charge in [-0.2, -0.15) is 12.1 Å². The topological polar surface area (TPSA) is 86.5 Å². The van der Waals surface area contributed by atoms with Crippen LogP contribution in [0.5, 0.6) is 0 Å². The first-order valence-electron chi connectivity index (χ1n) is 20.5. The Morgan fingerprint density at radius 3 is 1.63 bits per heavy atom. The van der Waals surface area contributed by atoms with E-state index in [1.165, 1.54) is 16.6 Å². The van der Waals surface area contributed by atoms with Gasteiger partial charge in [0.2, 0.25) is 0 Å². The van der Waals surface area contributed by atoms with Crippen molar-refractivity contribution in [1.29, 1.82) is 0 Å². The van der Waals surface area contributed by atoms with Crippen LogP contribution in [0.1, 0.15) is 91.8 Å². The van der Waals surface area contributed by atoms with Crippen LogP contribution in [0.2, 0.25) is 0 Å². The van der Waals surface area contributed by atoms with Crippen molar-refractivity contribution in [2.75, 3.05) is 0 Å². The molecule has 5 radical (unpaired) electrons. The van der Waals surface area contributed by atoms with E-state index in [9.17, 15) is 0 Å². The summed E-state index contributed by atoms with van der Waals surface area (Å²) in [5.74, 6) is 1.89. The Kier molecular flexibility index (Phi) is 28.3. The molecule has 10 aromatic heterocycles. The van der Waals surface area contributed by atoms with E-state index in [0.717, 1.165) is 100 Å². The first kappa shape index (κ1) is 61.3. The Bertz CT molecular complexity index is 2690. The van der Waals surface area contributed by atoms with Crippen LogP contribution in [0.25, 0.3) is 27.7 Å². The minimum Gasteiger partial charge on any atom is -0.401 e. The zero-order valence-corrected chi connectivity index (χ0v) is 52.7. The van der Waals surface area contributed by atoms with Gasteiger partial charge in [0.25, 0.3) is 0 Å². The molecule has 0 aliphatic heterocycles. The molecule has 0 amide bonds. The smallest absolute Gasteiger partial charge is 0.132 e. The van der Waals surface area contributed by atoms with Gasteiger partial charge in [0.1, 0.15) is 11.5 Å². The molecule has 15 heteroatoms. The van der Waals surface area contributed by atoms with Crippen molar-refractivity contribution in [2.45, 2.75) is 66.7 Å². The molecule has 65 heavy (non-hydrogen) atoms. The monoisotopic (exact) mass is 1240 g/mol. The van der Waals surface area contributed by atoms with Gasteiger partial charge in [0, 0.05) is 206 Å². The van der Waals surface area contributed by atoms with E-state index in [0.29, 0.717) is 0 Å². The normalized spacial score (nSPS) is 9.92. The van der Waals surface area contributed by atoms with E-state index < -0.39 is 0 Å². The largest absolute Gasteiger partial charge is 0.401 e. The quantitative estimate of drug-likeness (QED) is 0.160. The van der Waals surface area contributed by atoms with E-state index in [1.54, 1.807) is 0 Å². The van der Waals surface area contributed by atoms with Crippen LogP contribution < -0.4 is 0 Å². The van der Waals surface area contributed by atoms with E-state index in [1.807, 2.05) is 107 Å². The summed E-state index contributed by atoms with van der Waals surface area (Å²) in [5, 5.41) is 0. The molecule has 10 heterocycles. The Morgan fingerprint density at radius 1 is 0.446 bits per heavy atom. The maximum Gasteiger partial charge on any atom is 0.132 e. The number of nitrogens with zero attached hydrogens (tertiary/aromatic N) is 10. The average Bonchev–Trinajstić information content (AvgIpc) is 4.11. The van der Waals surface area contributed by atoms with Gasteiger partial charge in [-0.15, -0.1) is 18.0 Å².